The van der Waals surface area contributed by atoms with E-state index in [1.807, 2.05) is 0 Å². The van der Waals surface area contributed by atoms with Crippen LogP contribution in [0.15, 0.2) is 29.2 Å². The van der Waals surface area contributed by atoms with Crippen LogP contribution in [0.5, 0.6) is 0 Å². The lowest BCUT2D eigenvalue weighted by molar-refractivity contribution is 0.195. The molecule has 0 aromatic heterocycles. The third-order valence-corrected chi connectivity index (χ3v) is 5.35. The fraction of sp³-hybridized carbons (Fsp3) is 0.538. The Bertz CT molecular complexity index is 532. The molecule has 1 aliphatic rings. The molecule has 2 N–H and O–H groups in total. The zero-order valence-corrected chi connectivity index (χ0v) is 12.1. The number of sulfonamides is 1. The van der Waals surface area contributed by atoms with Gasteiger partial charge in [0, 0.05) is 18.2 Å². The number of hydrogen-bond donors (Lipinski definition) is 2. The molecule has 1 aliphatic carbocycles. The Morgan fingerprint density at radius 2 is 2.05 bits per heavy atom. The molecule has 6 heteroatoms. The second-order valence-electron chi connectivity index (χ2n) is 4.94. The smallest absolute Gasteiger partial charge is 0.240 e. The van der Waals surface area contributed by atoms with Crippen molar-refractivity contribution >= 4 is 21.6 Å². The van der Waals surface area contributed by atoms with Gasteiger partial charge in [-0.2, -0.15) is 0 Å². The predicted octanol–water partition coefficient (Wildman–Crippen LogP) is 2.03. The van der Waals surface area contributed by atoms with Crippen molar-refractivity contribution in [3.63, 3.8) is 0 Å². The van der Waals surface area contributed by atoms with Crippen LogP contribution in [0.3, 0.4) is 0 Å². The van der Waals surface area contributed by atoms with Gasteiger partial charge >= 0.3 is 0 Å². The maximum absolute atomic E-state index is 12.1. The molecule has 106 valence electrons. The van der Waals surface area contributed by atoms with Crippen molar-refractivity contribution in [3.05, 3.63) is 29.3 Å². The third kappa shape index (κ3) is 3.69. The number of hydrogen-bond acceptors (Lipinski definition) is 3. The average molecular weight is 304 g/mol. The Morgan fingerprint density at radius 1 is 1.32 bits per heavy atom. The monoisotopic (exact) mass is 303 g/mol. The highest BCUT2D eigenvalue weighted by Gasteiger charge is 2.28. The molecule has 0 amide bonds. The Kier molecular flexibility index (Phi) is 4.84. The number of rotatable bonds is 5. The quantitative estimate of drug-likeness (QED) is 0.874. The molecule has 2 unspecified atom stereocenters. The summed E-state index contributed by atoms with van der Waals surface area (Å²) in [5, 5.41) is 9.62. The SMILES string of the molecule is O=S(=O)(NCC1CCCC1CO)c1cccc(Cl)c1. The topological polar surface area (TPSA) is 66.4 Å². The summed E-state index contributed by atoms with van der Waals surface area (Å²) in [5.74, 6) is 0.432. The summed E-state index contributed by atoms with van der Waals surface area (Å²) in [6, 6.07) is 6.21. The molecule has 1 aromatic rings. The molecule has 0 aliphatic heterocycles. The number of halogens is 1. The number of nitrogens with one attached hydrogen (secondary N) is 1. The van der Waals surface area contributed by atoms with E-state index in [2.05, 4.69) is 4.72 Å². The Hall–Kier alpha value is -0.620. The zero-order chi connectivity index (χ0) is 13.9. The number of aliphatic hydroxyl groups excluding tert-OH is 1. The van der Waals surface area contributed by atoms with Crippen molar-refractivity contribution < 1.29 is 13.5 Å². The van der Waals surface area contributed by atoms with E-state index in [0.29, 0.717) is 11.6 Å². The van der Waals surface area contributed by atoms with Gasteiger partial charge in [-0.15, -0.1) is 0 Å². The first-order valence-corrected chi connectivity index (χ1v) is 8.25. The molecule has 1 aromatic carbocycles. The van der Waals surface area contributed by atoms with Gasteiger partial charge in [0.05, 0.1) is 4.90 Å². The predicted molar refractivity (Wildman–Crippen MR) is 74.6 cm³/mol. The van der Waals surface area contributed by atoms with Crippen LogP contribution in [0.1, 0.15) is 19.3 Å². The number of aliphatic hydroxyl groups is 1. The van der Waals surface area contributed by atoms with Crippen LogP contribution in [0.2, 0.25) is 5.02 Å². The zero-order valence-electron chi connectivity index (χ0n) is 10.5. The Balaban J connectivity index is 2.02. The summed E-state index contributed by atoms with van der Waals surface area (Å²) < 4.78 is 26.8. The van der Waals surface area contributed by atoms with E-state index in [9.17, 15) is 13.5 Å². The van der Waals surface area contributed by atoms with Crippen molar-refractivity contribution in [2.24, 2.45) is 11.8 Å². The van der Waals surface area contributed by atoms with Crippen molar-refractivity contribution in [1.82, 2.24) is 4.72 Å². The standard InChI is InChI=1S/C13H18ClNO3S/c14-12-5-2-6-13(7-12)19(17,18)15-8-10-3-1-4-11(10)9-16/h2,5-7,10-11,15-16H,1,3-4,8-9H2. The van der Waals surface area contributed by atoms with Crippen LogP contribution in [-0.2, 0) is 10.0 Å². The summed E-state index contributed by atoms with van der Waals surface area (Å²) in [7, 11) is -3.52. The van der Waals surface area contributed by atoms with E-state index < -0.39 is 10.0 Å². The van der Waals surface area contributed by atoms with Gasteiger partial charge in [0.2, 0.25) is 10.0 Å². The number of benzene rings is 1. The normalized spacial score (nSPS) is 23.7. The van der Waals surface area contributed by atoms with Crippen LogP contribution in [0.25, 0.3) is 0 Å². The molecule has 2 atom stereocenters. The van der Waals surface area contributed by atoms with Crippen LogP contribution in [0.4, 0.5) is 0 Å². The van der Waals surface area contributed by atoms with Crippen LogP contribution in [0, 0.1) is 11.8 Å². The molecule has 2 rings (SSSR count). The van der Waals surface area contributed by atoms with E-state index in [-0.39, 0.29) is 23.3 Å². The van der Waals surface area contributed by atoms with Crippen molar-refractivity contribution in [1.29, 1.82) is 0 Å². The minimum absolute atomic E-state index is 0.129. The highest BCUT2D eigenvalue weighted by molar-refractivity contribution is 7.89. The highest BCUT2D eigenvalue weighted by Crippen LogP contribution is 2.31. The largest absolute Gasteiger partial charge is 0.396 e. The minimum atomic E-state index is -3.52. The van der Waals surface area contributed by atoms with E-state index in [4.69, 9.17) is 11.6 Å². The van der Waals surface area contributed by atoms with Crippen LogP contribution < -0.4 is 4.72 Å². The molecule has 19 heavy (non-hydrogen) atoms. The minimum Gasteiger partial charge on any atom is -0.396 e. The fourth-order valence-electron chi connectivity index (χ4n) is 2.56. The molecule has 0 saturated heterocycles. The fourth-order valence-corrected chi connectivity index (χ4v) is 3.95. The maximum atomic E-state index is 12.1. The van der Waals surface area contributed by atoms with Crippen molar-refractivity contribution in [3.8, 4) is 0 Å². The highest BCUT2D eigenvalue weighted by atomic mass is 35.5. The molecular formula is C13H18ClNO3S. The summed E-state index contributed by atoms with van der Waals surface area (Å²) in [5.41, 5.74) is 0. The van der Waals surface area contributed by atoms with Gasteiger partial charge in [-0.05, 0) is 42.9 Å². The molecule has 0 bridgehead atoms. The summed E-state index contributed by atoms with van der Waals surface area (Å²) >= 11 is 5.80. The van der Waals surface area contributed by atoms with E-state index in [1.165, 1.54) is 12.1 Å². The van der Waals surface area contributed by atoms with Gasteiger partial charge in [0.1, 0.15) is 0 Å². The van der Waals surface area contributed by atoms with Gasteiger partial charge in [-0.1, -0.05) is 24.1 Å². The molecule has 0 heterocycles. The summed E-state index contributed by atoms with van der Waals surface area (Å²) in [4.78, 5) is 0.179. The van der Waals surface area contributed by atoms with Gasteiger partial charge < -0.3 is 5.11 Å². The first-order chi connectivity index (χ1) is 9.03. The molecule has 1 saturated carbocycles. The van der Waals surface area contributed by atoms with Gasteiger partial charge in [0.25, 0.3) is 0 Å². The molecule has 1 fully saturated rings. The second kappa shape index (κ2) is 6.22. The van der Waals surface area contributed by atoms with Crippen molar-refractivity contribution in [2.45, 2.75) is 24.2 Å². The average Bonchev–Trinajstić information content (AvgIpc) is 2.84. The maximum Gasteiger partial charge on any atom is 0.240 e. The molecule has 4 nitrogen and oxygen atoms in total. The Morgan fingerprint density at radius 3 is 2.74 bits per heavy atom. The van der Waals surface area contributed by atoms with Gasteiger partial charge in [0.15, 0.2) is 0 Å². The van der Waals surface area contributed by atoms with E-state index in [1.54, 1.807) is 12.1 Å². The Labute approximate surface area is 118 Å². The van der Waals surface area contributed by atoms with Crippen LogP contribution in [-0.4, -0.2) is 26.7 Å². The van der Waals surface area contributed by atoms with Gasteiger partial charge in [-0.25, -0.2) is 13.1 Å². The molecule has 0 radical (unpaired) electrons. The van der Waals surface area contributed by atoms with Crippen molar-refractivity contribution in [2.75, 3.05) is 13.2 Å². The summed E-state index contributed by atoms with van der Waals surface area (Å²) in [6.07, 6.45) is 2.98. The lowest BCUT2D eigenvalue weighted by Crippen LogP contribution is -2.31. The summed E-state index contributed by atoms with van der Waals surface area (Å²) in [6.45, 7) is 0.504. The first-order valence-electron chi connectivity index (χ1n) is 6.39. The van der Waals surface area contributed by atoms with E-state index >= 15 is 0 Å². The molecule has 0 spiro atoms. The lowest BCUT2D eigenvalue weighted by atomic mass is 9.97. The van der Waals surface area contributed by atoms with Crippen LogP contribution >= 0.6 is 11.6 Å². The van der Waals surface area contributed by atoms with Gasteiger partial charge in [-0.3, -0.25) is 0 Å². The molecular weight excluding hydrogens is 286 g/mol. The second-order valence-corrected chi connectivity index (χ2v) is 7.15. The first kappa shape index (κ1) is 14.8. The third-order valence-electron chi connectivity index (χ3n) is 3.69. The van der Waals surface area contributed by atoms with E-state index in [0.717, 1.165) is 19.3 Å². The lowest BCUT2D eigenvalue weighted by Gasteiger charge is -2.17.